The molecule has 1 fully saturated rings. The predicted octanol–water partition coefficient (Wildman–Crippen LogP) is 3.42. The molecule has 1 aliphatic carbocycles. The van der Waals surface area contributed by atoms with E-state index < -0.39 is 4.92 Å². The van der Waals surface area contributed by atoms with Gasteiger partial charge in [0, 0.05) is 23.6 Å². The van der Waals surface area contributed by atoms with Crippen molar-refractivity contribution < 1.29 is 4.92 Å². The smallest absolute Gasteiger partial charge is 0.258 e. The van der Waals surface area contributed by atoms with E-state index in [4.69, 9.17) is 11.6 Å². The van der Waals surface area contributed by atoms with E-state index in [1.54, 1.807) is 12.1 Å². The molecule has 0 bridgehead atoms. The number of hydrogen-bond donors (Lipinski definition) is 0. The summed E-state index contributed by atoms with van der Waals surface area (Å²) in [7, 11) is 0. The molecule has 0 aliphatic heterocycles. The number of nitro benzene ring substituents is 1. The Morgan fingerprint density at radius 1 is 1.33 bits per heavy atom. The zero-order valence-electron chi connectivity index (χ0n) is 8.07. The number of benzene rings is 1. The first-order valence-electron chi connectivity index (χ1n) is 4.76. The highest BCUT2D eigenvalue weighted by Gasteiger charge is 2.16. The SMILES string of the molecule is O=[N+]([O-])c1ccc(CC(Cl)=C2CC2)cc1. The summed E-state index contributed by atoms with van der Waals surface area (Å²) < 4.78 is 0. The van der Waals surface area contributed by atoms with Crippen molar-refractivity contribution in [3.8, 4) is 0 Å². The minimum Gasteiger partial charge on any atom is -0.258 e. The molecule has 1 saturated carbocycles. The van der Waals surface area contributed by atoms with Crippen molar-refractivity contribution in [2.45, 2.75) is 19.3 Å². The Labute approximate surface area is 92.5 Å². The van der Waals surface area contributed by atoms with Crippen LogP contribution in [0.4, 0.5) is 5.69 Å². The van der Waals surface area contributed by atoms with Crippen LogP contribution in [0.15, 0.2) is 34.9 Å². The largest absolute Gasteiger partial charge is 0.269 e. The van der Waals surface area contributed by atoms with Crippen LogP contribution < -0.4 is 0 Å². The first kappa shape index (κ1) is 10.2. The Kier molecular flexibility index (Phi) is 2.73. The third-order valence-corrected chi connectivity index (χ3v) is 2.79. The zero-order chi connectivity index (χ0) is 10.8. The minimum atomic E-state index is -0.398. The van der Waals surface area contributed by atoms with E-state index in [-0.39, 0.29) is 5.69 Å². The Bertz CT molecular complexity index is 417. The van der Waals surface area contributed by atoms with E-state index in [1.807, 2.05) is 0 Å². The van der Waals surface area contributed by atoms with Gasteiger partial charge in [-0.05, 0) is 18.4 Å². The maximum Gasteiger partial charge on any atom is 0.269 e. The van der Waals surface area contributed by atoms with Gasteiger partial charge in [0.05, 0.1) is 4.92 Å². The van der Waals surface area contributed by atoms with Crippen molar-refractivity contribution >= 4 is 17.3 Å². The Morgan fingerprint density at radius 3 is 2.40 bits per heavy atom. The van der Waals surface area contributed by atoms with Gasteiger partial charge in [0.1, 0.15) is 0 Å². The van der Waals surface area contributed by atoms with Gasteiger partial charge in [-0.2, -0.15) is 0 Å². The number of nitrogens with zero attached hydrogens (tertiary/aromatic N) is 1. The van der Waals surface area contributed by atoms with Gasteiger partial charge in [0.2, 0.25) is 0 Å². The molecule has 0 amide bonds. The van der Waals surface area contributed by atoms with E-state index in [0.29, 0.717) is 6.42 Å². The monoisotopic (exact) mass is 223 g/mol. The molecule has 0 radical (unpaired) electrons. The minimum absolute atomic E-state index is 0.119. The molecule has 1 aromatic carbocycles. The molecule has 1 aromatic rings. The third kappa shape index (κ3) is 2.57. The number of non-ortho nitro benzene ring substituents is 1. The van der Waals surface area contributed by atoms with Crippen LogP contribution in [0.1, 0.15) is 18.4 Å². The molecule has 78 valence electrons. The quantitative estimate of drug-likeness (QED) is 0.582. The standard InChI is InChI=1S/C11H10ClNO2/c12-11(9-3-4-9)7-8-1-5-10(6-2-8)13(14)15/h1-2,5-6H,3-4,7H2. The van der Waals surface area contributed by atoms with Crippen LogP contribution in [0, 0.1) is 10.1 Å². The van der Waals surface area contributed by atoms with Crippen LogP contribution in [-0.4, -0.2) is 4.92 Å². The topological polar surface area (TPSA) is 43.1 Å². The normalized spacial score (nSPS) is 13.8. The van der Waals surface area contributed by atoms with Crippen molar-refractivity contribution in [3.05, 3.63) is 50.5 Å². The van der Waals surface area contributed by atoms with Gasteiger partial charge in [0.25, 0.3) is 5.69 Å². The maximum absolute atomic E-state index is 10.4. The fourth-order valence-corrected chi connectivity index (χ4v) is 1.72. The van der Waals surface area contributed by atoms with Gasteiger partial charge in [0.15, 0.2) is 0 Å². The van der Waals surface area contributed by atoms with Gasteiger partial charge < -0.3 is 0 Å². The zero-order valence-corrected chi connectivity index (χ0v) is 8.83. The lowest BCUT2D eigenvalue weighted by molar-refractivity contribution is -0.384. The highest BCUT2D eigenvalue weighted by atomic mass is 35.5. The van der Waals surface area contributed by atoms with Crippen LogP contribution >= 0.6 is 11.6 Å². The first-order chi connectivity index (χ1) is 7.16. The lowest BCUT2D eigenvalue weighted by atomic mass is 10.1. The van der Waals surface area contributed by atoms with E-state index >= 15 is 0 Å². The van der Waals surface area contributed by atoms with Crippen LogP contribution in [0.25, 0.3) is 0 Å². The van der Waals surface area contributed by atoms with E-state index in [2.05, 4.69) is 0 Å². The van der Waals surface area contributed by atoms with Crippen molar-refractivity contribution in [1.82, 2.24) is 0 Å². The molecule has 0 atom stereocenters. The molecule has 0 saturated heterocycles. The summed E-state index contributed by atoms with van der Waals surface area (Å²) in [6.07, 6.45) is 2.90. The van der Waals surface area contributed by atoms with Gasteiger partial charge in [-0.3, -0.25) is 10.1 Å². The summed E-state index contributed by atoms with van der Waals surface area (Å²) in [6.45, 7) is 0. The molecule has 15 heavy (non-hydrogen) atoms. The van der Waals surface area contributed by atoms with E-state index in [1.165, 1.54) is 17.7 Å². The molecular formula is C11H10ClNO2. The molecule has 0 aromatic heterocycles. The lowest BCUT2D eigenvalue weighted by Gasteiger charge is -1.99. The fraction of sp³-hybridized carbons (Fsp3) is 0.273. The van der Waals surface area contributed by atoms with Crippen molar-refractivity contribution in [2.24, 2.45) is 0 Å². The molecular weight excluding hydrogens is 214 g/mol. The predicted molar refractivity (Wildman–Crippen MR) is 58.9 cm³/mol. The van der Waals surface area contributed by atoms with Gasteiger partial charge >= 0.3 is 0 Å². The Balaban J connectivity index is 2.10. The second kappa shape index (κ2) is 4.03. The molecule has 3 nitrogen and oxygen atoms in total. The number of hydrogen-bond acceptors (Lipinski definition) is 2. The molecule has 1 aliphatic rings. The van der Waals surface area contributed by atoms with Gasteiger partial charge in [-0.15, -0.1) is 0 Å². The summed E-state index contributed by atoms with van der Waals surface area (Å²) in [6, 6.07) is 6.53. The van der Waals surface area contributed by atoms with Crippen LogP contribution in [0.2, 0.25) is 0 Å². The summed E-state index contributed by atoms with van der Waals surface area (Å²) in [4.78, 5) is 10.0. The highest BCUT2D eigenvalue weighted by molar-refractivity contribution is 6.30. The molecule has 0 spiro atoms. The molecule has 4 heteroatoms. The summed E-state index contributed by atoms with van der Waals surface area (Å²) >= 11 is 6.06. The second-order valence-corrected chi connectivity index (χ2v) is 4.07. The Morgan fingerprint density at radius 2 is 1.93 bits per heavy atom. The Hall–Kier alpha value is -1.35. The average molecular weight is 224 g/mol. The van der Waals surface area contributed by atoms with Crippen LogP contribution in [0.5, 0.6) is 0 Å². The second-order valence-electron chi connectivity index (χ2n) is 3.61. The number of rotatable bonds is 3. The summed E-state index contributed by atoms with van der Waals surface area (Å²) in [5.41, 5.74) is 2.45. The molecule has 0 heterocycles. The third-order valence-electron chi connectivity index (χ3n) is 2.39. The first-order valence-corrected chi connectivity index (χ1v) is 5.14. The number of halogens is 1. The number of nitro groups is 1. The fourth-order valence-electron chi connectivity index (χ4n) is 1.37. The molecule has 0 unspecified atom stereocenters. The van der Waals surface area contributed by atoms with Crippen LogP contribution in [0.3, 0.4) is 0 Å². The molecule has 2 rings (SSSR count). The van der Waals surface area contributed by atoms with E-state index in [0.717, 1.165) is 23.4 Å². The average Bonchev–Trinajstić information content (AvgIpc) is 3.01. The van der Waals surface area contributed by atoms with Gasteiger partial charge in [-0.25, -0.2) is 0 Å². The van der Waals surface area contributed by atoms with Crippen molar-refractivity contribution in [3.63, 3.8) is 0 Å². The maximum atomic E-state index is 10.4. The lowest BCUT2D eigenvalue weighted by Crippen LogP contribution is -1.89. The summed E-state index contributed by atoms with van der Waals surface area (Å²) in [5, 5.41) is 11.3. The van der Waals surface area contributed by atoms with Crippen molar-refractivity contribution in [1.29, 1.82) is 0 Å². The van der Waals surface area contributed by atoms with Gasteiger partial charge in [-0.1, -0.05) is 29.3 Å². The summed E-state index contributed by atoms with van der Waals surface area (Å²) in [5.74, 6) is 0. The van der Waals surface area contributed by atoms with E-state index in [9.17, 15) is 10.1 Å². The van der Waals surface area contributed by atoms with Crippen molar-refractivity contribution in [2.75, 3.05) is 0 Å². The highest BCUT2D eigenvalue weighted by Crippen LogP contribution is 2.34. The molecule has 0 N–H and O–H groups in total. The number of allylic oxidation sites excluding steroid dienone is 2. The van der Waals surface area contributed by atoms with Crippen LogP contribution in [-0.2, 0) is 6.42 Å².